The normalized spacial score (nSPS) is 20.6. The maximum atomic E-state index is 12.7. The summed E-state index contributed by atoms with van der Waals surface area (Å²) in [6.07, 6.45) is 0. The molecule has 0 aromatic heterocycles. The Balaban J connectivity index is 2.20. The first-order chi connectivity index (χ1) is 13.9. The van der Waals surface area contributed by atoms with Crippen molar-refractivity contribution in [2.75, 3.05) is 18.6 Å². The highest BCUT2D eigenvalue weighted by Crippen LogP contribution is 2.39. The number of rotatable bonds is 5. The Morgan fingerprint density at radius 1 is 1.07 bits per heavy atom. The maximum Gasteiger partial charge on any atom is 0.365 e. The van der Waals surface area contributed by atoms with Crippen LogP contribution in [0.1, 0.15) is 12.5 Å². The zero-order chi connectivity index (χ0) is 21.2. The van der Waals surface area contributed by atoms with E-state index in [1.807, 2.05) is 6.92 Å². The van der Waals surface area contributed by atoms with Crippen molar-refractivity contribution in [2.24, 2.45) is 0 Å². The number of ketones is 1. The molecule has 0 spiro atoms. The van der Waals surface area contributed by atoms with Crippen molar-refractivity contribution in [1.82, 2.24) is 0 Å². The van der Waals surface area contributed by atoms with Gasteiger partial charge in [0.2, 0.25) is 0 Å². The van der Waals surface area contributed by atoms with E-state index in [4.69, 9.17) is 4.74 Å². The number of carbonyl (C=O) groups excluding carboxylic acids is 3. The van der Waals surface area contributed by atoms with E-state index >= 15 is 0 Å². The average Bonchev–Trinajstić information content (AvgIpc) is 2.94. The van der Waals surface area contributed by atoms with Gasteiger partial charge in [-0.2, -0.15) is 0 Å². The number of esters is 1. The Labute approximate surface area is 166 Å². The van der Waals surface area contributed by atoms with Gasteiger partial charge in [0.25, 0.3) is 11.5 Å². The van der Waals surface area contributed by atoms with E-state index in [0.717, 1.165) is 7.11 Å². The Bertz CT molecular complexity index is 982. The van der Waals surface area contributed by atoms with Crippen LogP contribution in [0.5, 0.6) is 5.75 Å². The van der Waals surface area contributed by atoms with Crippen molar-refractivity contribution in [1.29, 1.82) is 0 Å². The topological polar surface area (TPSA) is 113 Å². The monoisotopic (exact) mass is 397 g/mol. The molecule has 1 saturated heterocycles. The van der Waals surface area contributed by atoms with Crippen LogP contribution in [0.2, 0.25) is 0 Å². The fraction of sp³-hybridized carbons (Fsp3) is 0.190. The van der Waals surface area contributed by atoms with Gasteiger partial charge < -0.3 is 19.7 Å². The number of aliphatic hydroxyl groups excluding tert-OH is 1. The zero-order valence-corrected chi connectivity index (χ0v) is 15.8. The Hall–Kier alpha value is -3.65. The lowest BCUT2D eigenvalue weighted by Crippen LogP contribution is -2.54. The van der Waals surface area contributed by atoms with Crippen LogP contribution < -0.4 is 9.64 Å². The van der Waals surface area contributed by atoms with Gasteiger partial charge in [-0.25, -0.2) is 4.79 Å². The van der Waals surface area contributed by atoms with Gasteiger partial charge >= 0.3 is 11.9 Å². The van der Waals surface area contributed by atoms with Gasteiger partial charge in [-0.15, -0.1) is 0 Å². The zero-order valence-electron chi connectivity index (χ0n) is 15.8. The molecule has 2 aromatic carbocycles. The van der Waals surface area contributed by atoms with Crippen LogP contribution in [-0.4, -0.2) is 47.3 Å². The molecule has 0 bridgehead atoms. The van der Waals surface area contributed by atoms with E-state index in [9.17, 15) is 24.6 Å². The second kappa shape index (κ2) is 7.76. The highest BCUT2D eigenvalue weighted by molar-refractivity contribution is 6.54. The molecule has 0 unspecified atom stereocenters. The number of nitrogens with zero attached hydrogens (tertiary/aromatic N) is 1. The summed E-state index contributed by atoms with van der Waals surface area (Å²) < 4.78 is 9.98. The SMILES string of the molecule is CCOc1ccc(C(O)=C2C(=O)C(=O)N(c3ccccc3)[C@]2(O)C(=O)OC)cc1. The molecule has 0 saturated carbocycles. The minimum atomic E-state index is -2.83. The predicted molar refractivity (Wildman–Crippen MR) is 103 cm³/mol. The lowest BCUT2D eigenvalue weighted by atomic mass is 9.97. The first-order valence-corrected chi connectivity index (χ1v) is 8.77. The van der Waals surface area contributed by atoms with E-state index in [0.29, 0.717) is 17.3 Å². The number of ether oxygens (including phenoxy) is 2. The lowest BCUT2D eigenvalue weighted by Gasteiger charge is -2.30. The molecule has 0 aliphatic carbocycles. The number of carbonyl (C=O) groups is 3. The molecule has 29 heavy (non-hydrogen) atoms. The van der Waals surface area contributed by atoms with Gasteiger partial charge in [-0.3, -0.25) is 14.5 Å². The number of hydrogen-bond donors (Lipinski definition) is 2. The molecule has 2 aromatic rings. The summed E-state index contributed by atoms with van der Waals surface area (Å²) in [7, 11) is 1.00. The second-order valence-electron chi connectivity index (χ2n) is 6.15. The van der Waals surface area contributed by atoms with Crippen molar-refractivity contribution < 1.29 is 34.1 Å². The quantitative estimate of drug-likeness (QED) is 0.342. The predicted octanol–water partition coefficient (Wildman–Crippen LogP) is 1.83. The third kappa shape index (κ3) is 3.23. The summed E-state index contributed by atoms with van der Waals surface area (Å²) in [5, 5.41) is 22.0. The van der Waals surface area contributed by atoms with Crippen LogP contribution in [0.15, 0.2) is 60.2 Å². The number of hydrogen-bond acceptors (Lipinski definition) is 7. The molecule has 1 aliphatic rings. The molecule has 8 nitrogen and oxygen atoms in total. The van der Waals surface area contributed by atoms with E-state index in [1.54, 1.807) is 30.3 Å². The van der Waals surface area contributed by atoms with Crippen molar-refractivity contribution in [3.05, 3.63) is 65.7 Å². The van der Waals surface area contributed by atoms with Crippen LogP contribution in [-0.2, 0) is 19.1 Å². The number of aliphatic hydroxyl groups is 2. The molecule has 1 aliphatic heterocycles. The van der Waals surface area contributed by atoms with Gasteiger partial charge in [0, 0.05) is 11.3 Å². The standard InChI is InChI=1S/C21H19NO7/c1-3-29-15-11-9-13(10-12-15)17(23)16-18(24)19(25)22(14-7-5-4-6-8-14)21(16,27)20(26)28-2/h4-12,23,27H,3H2,1-2H3/t21-/m1/s1. The first kappa shape index (κ1) is 20.1. The molecule has 3 rings (SSSR count). The van der Waals surface area contributed by atoms with Gasteiger partial charge in [0.05, 0.1) is 13.7 Å². The molecule has 2 N–H and O–H groups in total. The van der Waals surface area contributed by atoms with E-state index in [-0.39, 0.29) is 11.3 Å². The van der Waals surface area contributed by atoms with Crippen LogP contribution in [0.3, 0.4) is 0 Å². The van der Waals surface area contributed by atoms with Crippen molar-refractivity contribution >= 4 is 29.1 Å². The highest BCUT2D eigenvalue weighted by Gasteiger charge is 2.62. The first-order valence-electron chi connectivity index (χ1n) is 8.77. The van der Waals surface area contributed by atoms with Crippen molar-refractivity contribution in [3.8, 4) is 5.75 Å². The number of Topliss-reactive ketones (excluding diaryl/α,β-unsaturated/α-hetero) is 1. The summed E-state index contributed by atoms with van der Waals surface area (Å²) in [5.41, 5.74) is -3.40. The summed E-state index contributed by atoms with van der Waals surface area (Å²) in [5.74, 6) is -3.85. The third-order valence-corrected chi connectivity index (χ3v) is 4.46. The van der Waals surface area contributed by atoms with Crippen molar-refractivity contribution in [2.45, 2.75) is 12.6 Å². The molecular formula is C21H19NO7. The van der Waals surface area contributed by atoms with Crippen molar-refractivity contribution in [3.63, 3.8) is 0 Å². The Morgan fingerprint density at radius 3 is 2.24 bits per heavy atom. The molecule has 8 heteroatoms. The van der Waals surface area contributed by atoms with Crippen LogP contribution in [0.25, 0.3) is 5.76 Å². The number of anilines is 1. The molecule has 1 heterocycles. The van der Waals surface area contributed by atoms with Crippen LogP contribution >= 0.6 is 0 Å². The summed E-state index contributed by atoms with van der Waals surface area (Å²) >= 11 is 0. The number of methoxy groups -OCH3 is 1. The summed E-state index contributed by atoms with van der Waals surface area (Å²) in [4.78, 5) is 38.5. The minimum absolute atomic E-state index is 0.0910. The second-order valence-corrected chi connectivity index (χ2v) is 6.15. The van der Waals surface area contributed by atoms with Gasteiger partial charge in [0.15, 0.2) is 0 Å². The summed E-state index contributed by atoms with van der Waals surface area (Å²) in [6, 6.07) is 13.6. The molecule has 1 amide bonds. The van der Waals surface area contributed by atoms with Gasteiger partial charge in [-0.1, -0.05) is 18.2 Å². The lowest BCUT2D eigenvalue weighted by molar-refractivity contribution is -0.158. The smallest absolute Gasteiger partial charge is 0.365 e. The molecule has 0 radical (unpaired) electrons. The molecule has 150 valence electrons. The van der Waals surface area contributed by atoms with Crippen LogP contribution in [0, 0.1) is 0 Å². The molecule has 1 atom stereocenters. The highest BCUT2D eigenvalue weighted by atomic mass is 16.5. The van der Waals surface area contributed by atoms with E-state index in [1.165, 1.54) is 24.3 Å². The maximum absolute atomic E-state index is 12.7. The van der Waals surface area contributed by atoms with Gasteiger partial charge in [-0.05, 0) is 43.3 Å². The number of amides is 1. The Morgan fingerprint density at radius 2 is 1.69 bits per heavy atom. The summed E-state index contributed by atoms with van der Waals surface area (Å²) in [6.45, 7) is 2.25. The fourth-order valence-corrected chi connectivity index (χ4v) is 3.14. The van der Waals surface area contributed by atoms with Gasteiger partial charge in [0.1, 0.15) is 17.1 Å². The molecule has 1 fully saturated rings. The number of benzene rings is 2. The number of para-hydroxylation sites is 1. The largest absolute Gasteiger partial charge is 0.507 e. The molecular weight excluding hydrogens is 378 g/mol. The average molecular weight is 397 g/mol. The van der Waals surface area contributed by atoms with E-state index in [2.05, 4.69) is 4.74 Å². The third-order valence-electron chi connectivity index (χ3n) is 4.46. The van der Waals surface area contributed by atoms with Crippen LogP contribution in [0.4, 0.5) is 5.69 Å². The Kier molecular flexibility index (Phi) is 5.38. The van der Waals surface area contributed by atoms with E-state index < -0.39 is 34.7 Å². The minimum Gasteiger partial charge on any atom is -0.507 e. The fourth-order valence-electron chi connectivity index (χ4n) is 3.14.